The van der Waals surface area contributed by atoms with E-state index in [1.54, 1.807) is 0 Å². The quantitative estimate of drug-likeness (QED) is 0.0247. The summed E-state index contributed by atoms with van der Waals surface area (Å²) in [5.74, 6) is -0.553. The highest BCUT2D eigenvalue weighted by Crippen LogP contribution is 2.16. The molecule has 0 bridgehead atoms. The first-order chi connectivity index (χ1) is 28.0. The zero-order valence-corrected chi connectivity index (χ0v) is 37.5. The lowest BCUT2D eigenvalue weighted by Crippen LogP contribution is -2.46. The number of nitrogens with one attached hydrogen (secondary N) is 1. The molecule has 0 saturated carbocycles. The minimum atomic E-state index is -0.805. The van der Waals surface area contributed by atoms with Crippen LogP contribution in [0.15, 0.2) is 60.8 Å². The number of aliphatic hydroxyl groups is 2. The van der Waals surface area contributed by atoms with Crippen molar-refractivity contribution in [3.8, 4) is 0 Å². The van der Waals surface area contributed by atoms with E-state index < -0.39 is 18.2 Å². The zero-order chi connectivity index (χ0) is 41.7. The van der Waals surface area contributed by atoms with Crippen LogP contribution in [0.1, 0.15) is 226 Å². The maximum Gasteiger partial charge on any atom is 0.306 e. The van der Waals surface area contributed by atoms with Crippen LogP contribution in [0.3, 0.4) is 0 Å². The molecule has 0 heterocycles. The van der Waals surface area contributed by atoms with Gasteiger partial charge < -0.3 is 20.3 Å². The summed E-state index contributed by atoms with van der Waals surface area (Å²) in [6.45, 7) is 6.30. The number of amides is 1. The third-order valence-corrected chi connectivity index (χ3v) is 10.7. The van der Waals surface area contributed by atoms with Crippen LogP contribution in [0.5, 0.6) is 0 Å². The van der Waals surface area contributed by atoms with Gasteiger partial charge in [-0.05, 0) is 64.2 Å². The number of rotatable bonds is 42. The van der Waals surface area contributed by atoms with Gasteiger partial charge in [-0.25, -0.2) is 0 Å². The molecule has 0 spiro atoms. The van der Waals surface area contributed by atoms with E-state index in [-0.39, 0.29) is 24.9 Å². The summed E-state index contributed by atoms with van der Waals surface area (Å²) in [7, 11) is 0. The van der Waals surface area contributed by atoms with Gasteiger partial charge in [0.15, 0.2) is 0 Å². The third-order valence-electron chi connectivity index (χ3n) is 10.7. The molecule has 0 aromatic rings. The molecule has 0 aromatic heterocycles. The molecular weight excluding hydrogens is 707 g/mol. The summed E-state index contributed by atoms with van der Waals surface area (Å²) in [5, 5.41) is 23.6. The molecule has 0 radical (unpaired) electrons. The van der Waals surface area contributed by atoms with Gasteiger partial charge in [-0.3, -0.25) is 9.59 Å². The Hall–Kier alpha value is -2.44. The highest BCUT2D eigenvalue weighted by molar-refractivity contribution is 5.77. The first kappa shape index (κ1) is 54.6. The normalized spacial score (nSPS) is 13.8. The van der Waals surface area contributed by atoms with E-state index in [9.17, 15) is 19.8 Å². The number of hydrogen-bond donors (Lipinski definition) is 3. The lowest BCUT2D eigenvalue weighted by atomic mass is 10.0. The predicted molar refractivity (Wildman–Crippen MR) is 245 cm³/mol. The largest absolute Gasteiger partial charge is 0.462 e. The molecule has 0 fully saturated rings. The van der Waals surface area contributed by atoms with Gasteiger partial charge in [0.05, 0.1) is 25.2 Å². The number of esters is 1. The number of carbonyl (C=O) groups is 2. The van der Waals surface area contributed by atoms with Gasteiger partial charge >= 0.3 is 5.97 Å². The molecule has 6 nitrogen and oxygen atoms in total. The van der Waals surface area contributed by atoms with Crippen molar-refractivity contribution in [1.82, 2.24) is 5.32 Å². The smallest absolute Gasteiger partial charge is 0.306 e. The maximum absolute atomic E-state index is 13.1. The van der Waals surface area contributed by atoms with E-state index in [1.807, 2.05) is 36.5 Å². The van der Waals surface area contributed by atoms with Crippen LogP contribution < -0.4 is 5.32 Å². The Bertz CT molecular complexity index is 1030. The molecule has 0 aliphatic rings. The molecule has 3 unspecified atom stereocenters. The summed E-state index contributed by atoms with van der Waals surface area (Å²) < 4.78 is 5.87. The SMILES string of the molecule is CC/C=C/C=C/C=C\C=C/CCCC(CC(=O)NC(CO)C(O)CCCCCCCCCCCCC)OC(=O)CCCCCCC/C=C/CCCCCCCCC. The third kappa shape index (κ3) is 40.1. The van der Waals surface area contributed by atoms with Crippen LogP contribution in [0.25, 0.3) is 0 Å². The van der Waals surface area contributed by atoms with Crippen molar-refractivity contribution < 1.29 is 24.5 Å². The van der Waals surface area contributed by atoms with Crippen molar-refractivity contribution in [1.29, 1.82) is 0 Å². The van der Waals surface area contributed by atoms with Gasteiger partial charge in [0.25, 0.3) is 0 Å². The second-order valence-corrected chi connectivity index (χ2v) is 16.2. The fourth-order valence-electron chi connectivity index (χ4n) is 7.03. The van der Waals surface area contributed by atoms with E-state index in [2.05, 4.69) is 50.4 Å². The molecule has 0 saturated heterocycles. The molecule has 1 amide bonds. The van der Waals surface area contributed by atoms with Crippen LogP contribution in [-0.4, -0.2) is 46.9 Å². The first-order valence-electron chi connectivity index (χ1n) is 24.1. The molecular formula is C51H91NO5. The topological polar surface area (TPSA) is 95.9 Å². The van der Waals surface area contributed by atoms with Crippen molar-refractivity contribution in [2.75, 3.05) is 6.61 Å². The summed E-state index contributed by atoms with van der Waals surface area (Å²) in [5.41, 5.74) is 0. The Morgan fingerprint density at radius 2 is 0.982 bits per heavy atom. The average molecular weight is 798 g/mol. The van der Waals surface area contributed by atoms with E-state index in [4.69, 9.17) is 4.74 Å². The molecule has 3 N–H and O–H groups in total. The van der Waals surface area contributed by atoms with Gasteiger partial charge in [0.2, 0.25) is 5.91 Å². The molecule has 0 rings (SSSR count). The Labute approximate surface area is 352 Å². The van der Waals surface area contributed by atoms with Crippen LogP contribution in [0, 0.1) is 0 Å². The molecule has 0 aliphatic carbocycles. The monoisotopic (exact) mass is 798 g/mol. The fraction of sp³-hybridized carbons (Fsp3) is 0.765. The van der Waals surface area contributed by atoms with Gasteiger partial charge in [-0.2, -0.15) is 0 Å². The Balaban J connectivity index is 4.63. The highest BCUT2D eigenvalue weighted by atomic mass is 16.5. The minimum absolute atomic E-state index is 0.0274. The highest BCUT2D eigenvalue weighted by Gasteiger charge is 2.24. The molecule has 6 heteroatoms. The number of carbonyl (C=O) groups excluding carboxylic acids is 2. The maximum atomic E-state index is 13.1. The predicted octanol–water partition coefficient (Wildman–Crippen LogP) is 14.1. The Morgan fingerprint density at radius 1 is 0.526 bits per heavy atom. The molecule has 3 atom stereocenters. The number of aliphatic hydroxyl groups excluding tert-OH is 2. The summed E-state index contributed by atoms with van der Waals surface area (Å²) in [6.07, 6.45) is 54.3. The zero-order valence-electron chi connectivity index (χ0n) is 37.5. The number of hydrogen-bond acceptors (Lipinski definition) is 5. The van der Waals surface area contributed by atoms with E-state index in [0.717, 1.165) is 64.2 Å². The summed E-state index contributed by atoms with van der Waals surface area (Å²) in [4.78, 5) is 26.0. The van der Waals surface area contributed by atoms with Crippen LogP contribution >= 0.6 is 0 Å². The lowest BCUT2D eigenvalue weighted by molar-refractivity contribution is -0.151. The standard InChI is InChI=1S/C51H91NO5/c1-4-7-10-13-16-19-22-23-24-25-26-29-32-35-38-41-44-51(56)57-47(42-39-36-33-30-27-20-17-14-11-8-5-2)45-50(55)52-48(46-53)49(54)43-40-37-34-31-28-21-18-15-12-9-6-3/h8,11,14,17,20,24-25,27,30,33,47-49,53-54H,4-7,9-10,12-13,15-16,18-19,21-23,26,28-29,31-32,34-46H2,1-3H3,(H,52,55)/b11-8+,17-14+,25-24+,27-20-,33-30-. The van der Waals surface area contributed by atoms with Crippen molar-refractivity contribution in [2.45, 2.75) is 244 Å². The van der Waals surface area contributed by atoms with E-state index >= 15 is 0 Å². The van der Waals surface area contributed by atoms with Gasteiger partial charge in [0, 0.05) is 6.42 Å². The van der Waals surface area contributed by atoms with Crippen LogP contribution in [-0.2, 0) is 14.3 Å². The van der Waals surface area contributed by atoms with Gasteiger partial charge in [-0.15, -0.1) is 0 Å². The minimum Gasteiger partial charge on any atom is -0.462 e. The molecule has 0 aromatic carbocycles. The number of unbranched alkanes of at least 4 members (excludes halogenated alkanes) is 23. The average Bonchev–Trinajstić information content (AvgIpc) is 3.20. The number of ether oxygens (including phenoxy) is 1. The van der Waals surface area contributed by atoms with Crippen molar-refractivity contribution in [3.63, 3.8) is 0 Å². The molecule has 57 heavy (non-hydrogen) atoms. The fourth-order valence-corrected chi connectivity index (χ4v) is 7.03. The second-order valence-electron chi connectivity index (χ2n) is 16.2. The Kier molecular flexibility index (Phi) is 42.7. The summed E-state index contributed by atoms with van der Waals surface area (Å²) >= 11 is 0. The van der Waals surface area contributed by atoms with Crippen molar-refractivity contribution in [3.05, 3.63) is 60.8 Å². The van der Waals surface area contributed by atoms with Crippen LogP contribution in [0.2, 0.25) is 0 Å². The van der Waals surface area contributed by atoms with E-state index in [1.165, 1.54) is 116 Å². The van der Waals surface area contributed by atoms with Crippen LogP contribution in [0.4, 0.5) is 0 Å². The number of allylic oxidation sites excluding steroid dienone is 10. The van der Waals surface area contributed by atoms with Crippen molar-refractivity contribution >= 4 is 11.9 Å². The summed E-state index contributed by atoms with van der Waals surface area (Å²) in [6, 6.07) is -0.723. The van der Waals surface area contributed by atoms with Gasteiger partial charge in [-0.1, -0.05) is 210 Å². The van der Waals surface area contributed by atoms with E-state index in [0.29, 0.717) is 19.3 Å². The Morgan fingerprint density at radius 3 is 1.51 bits per heavy atom. The molecule has 0 aliphatic heterocycles. The van der Waals surface area contributed by atoms with Crippen molar-refractivity contribution in [2.24, 2.45) is 0 Å². The molecule has 330 valence electrons. The lowest BCUT2D eigenvalue weighted by Gasteiger charge is -2.24. The second kappa shape index (κ2) is 44.7. The van der Waals surface area contributed by atoms with Gasteiger partial charge in [0.1, 0.15) is 6.10 Å². The first-order valence-corrected chi connectivity index (χ1v) is 24.1.